The van der Waals surface area contributed by atoms with Gasteiger partial charge in [-0.15, -0.1) is 0 Å². The summed E-state index contributed by atoms with van der Waals surface area (Å²) in [5, 5.41) is 18.4. The van der Waals surface area contributed by atoms with Gasteiger partial charge in [-0.3, -0.25) is 10.1 Å². The van der Waals surface area contributed by atoms with E-state index in [2.05, 4.69) is 36.9 Å². The van der Waals surface area contributed by atoms with Crippen molar-refractivity contribution in [3.63, 3.8) is 0 Å². The Balaban J connectivity index is 2.02. The van der Waals surface area contributed by atoms with Gasteiger partial charge in [-0.2, -0.15) is 0 Å². The molecule has 0 fully saturated rings. The number of aliphatic hydroxyl groups is 1. The summed E-state index contributed by atoms with van der Waals surface area (Å²) in [6.45, 7) is 0.0246. The molecule has 2 rings (SSSR count). The fourth-order valence-electron chi connectivity index (χ4n) is 1.17. The van der Waals surface area contributed by atoms with Crippen LogP contribution in [-0.4, -0.2) is 37.4 Å². The van der Waals surface area contributed by atoms with Crippen LogP contribution in [0.5, 0.6) is 0 Å². The number of carbonyl (C=O) groups excluding carboxylic acids is 1. The average Bonchev–Trinajstić information content (AvgIpc) is 2.93. The Kier molecular flexibility index (Phi) is 4.49. The lowest BCUT2D eigenvalue weighted by molar-refractivity contribution is 0.102. The SMILES string of the molecule is O=C(Nc1nnns1)c1ccc(C#CCCO)cn1. The first-order valence-corrected chi connectivity index (χ1v) is 6.09. The van der Waals surface area contributed by atoms with Crippen molar-refractivity contribution in [3.8, 4) is 11.8 Å². The Labute approximate surface area is 112 Å². The molecule has 2 aromatic heterocycles. The number of rotatable bonds is 3. The van der Waals surface area contributed by atoms with E-state index in [1.807, 2.05) is 0 Å². The fourth-order valence-corrected chi connectivity index (χ4v) is 1.53. The molecule has 96 valence electrons. The van der Waals surface area contributed by atoms with Crippen LogP contribution in [0.25, 0.3) is 0 Å². The number of hydrogen-bond acceptors (Lipinski definition) is 7. The van der Waals surface area contributed by atoms with Crippen LogP contribution < -0.4 is 5.32 Å². The molecule has 0 aliphatic heterocycles. The lowest BCUT2D eigenvalue weighted by Crippen LogP contribution is -2.13. The van der Waals surface area contributed by atoms with Crippen LogP contribution in [0, 0.1) is 11.8 Å². The summed E-state index contributed by atoms with van der Waals surface area (Å²) >= 11 is 0.985. The summed E-state index contributed by atoms with van der Waals surface area (Å²) in [5.74, 6) is 5.21. The molecule has 8 heteroatoms. The minimum absolute atomic E-state index is 0.0246. The van der Waals surface area contributed by atoms with Crippen molar-refractivity contribution in [1.82, 2.24) is 19.8 Å². The van der Waals surface area contributed by atoms with E-state index in [1.54, 1.807) is 12.1 Å². The lowest BCUT2D eigenvalue weighted by atomic mass is 10.2. The van der Waals surface area contributed by atoms with E-state index in [0.29, 0.717) is 17.1 Å². The third kappa shape index (κ3) is 3.80. The smallest absolute Gasteiger partial charge is 0.276 e. The molecule has 1 amide bonds. The first-order valence-electron chi connectivity index (χ1n) is 5.32. The number of amides is 1. The van der Waals surface area contributed by atoms with Crippen LogP contribution in [0.2, 0.25) is 0 Å². The zero-order chi connectivity index (χ0) is 13.5. The molecule has 7 nitrogen and oxygen atoms in total. The first-order chi connectivity index (χ1) is 9.29. The van der Waals surface area contributed by atoms with E-state index < -0.39 is 0 Å². The van der Waals surface area contributed by atoms with Gasteiger partial charge in [-0.25, -0.2) is 4.98 Å². The van der Waals surface area contributed by atoms with Crippen LogP contribution >= 0.6 is 11.5 Å². The molecule has 2 N–H and O–H groups in total. The van der Waals surface area contributed by atoms with Gasteiger partial charge in [-0.05, 0) is 17.3 Å². The van der Waals surface area contributed by atoms with E-state index >= 15 is 0 Å². The van der Waals surface area contributed by atoms with Gasteiger partial charge in [-0.1, -0.05) is 21.4 Å². The highest BCUT2D eigenvalue weighted by Crippen LogP contribution is 2.07. The quantitative estimate of drug-likeness (QED) is 0.782. The molecule has 2 aromatic rings. The zero-order valence-electron chi connectivity index (χ0n) is 9.70. The van der Waals surface area contributed by atoms with Crippen molar-refractivity contribution in [2.24, 2.45) is 0 Å². The van der Waals surface area contributed by atoms with Gasteiger partial charge in [0, 0.05) is 29.7 Å². The number of pyridine rings is 1. The van der Waals surface area contributed by atoms with E-state index in [4.69, 9.17) is 5.11 Å². The van der Waals surface area contributed by atoms with Crippen LogP contribution in [0.15, 0.2) is 18.3 Å². The molecular weight excluding hydrogens is 266 g/mol. The number of nitrogens with zero attached hydrogens (tertiary/aromatic N) is 4. The molecule has 19 heavy (non-hydrogen) atoms. The molecule has 0 aliphatic carbocycles. The van der Waals surface area contributed by atoms with Crippen molar-refractivity contribution < 1.29 is 9.90 Å². The summed E-state index contributed by atoms with van der Waals surface area (Å²) in [5.41, 5.74) is 0.936. The van der Waals surface area contributed by atoms with Gasteiger partial charge < -0.3 is 5.11 Å². The van der Waals surface area contributed by atoms with Crippen LogP contribution in [0.3, 0.4) is 0 Å². The molecule has 0 aliphatic rings. The highest BCUT2D eigenvalue weighted by Gasteiger charge is 2.09. The Morgan fingerprint density at radius 2 is 2.37 bits per heavy atom. The van der Waals surface area contributed by atoms with E-state index in [1.165, 1.54) is 6.20 Å². The number of hydrogen-bond donors (Lipinski definition) is 2. The predicted octanol–water partition coefficient (Wildman–Crippen LogP) is 0.314. The third-order valence-corrected chi connectivity index (χ3v) is 2.50. The van der Waals surface area contributed by atoms with E-state index in [-0.39, 0.29) is 18.2 Å². The second kappa shape index (κ2) is 6.53. The minimum Gasteiger partial charge on any atom is -0.395 e. The Hall–Kier alpha value is -2.37. The average molecular weight is 275 g/mol. The maximum atomic E-state index is 11.8. The topological polar surface area (TPSA) is 101 Å². The monoisotopic (exact) mass is 275 g/mol. The Bertz CT molecular complexity index is 600. The maximum absolute atomic E-state index is 11.8. The molecule has 0 saturated heterocycles. The molecule has 0 spiro atoms. The van der Waals surface area contributed by atoms with Gasteiger partial charge >= 0.3 is 0 Å². The van der Waals surface area contributed by atoms with E-state index in [9.17, 15) is 4.79 Å². The molecule has 0 unspecified atom stereocenters. The predicted molar refractivity (Wildman–Crippen MR) is 68.5 cm³/mol. The summed E-state index contributed by atoms with van der Waals surface area (Å²) in [6, 6.07) is 3.25. The van der Waals surface area contributed by atoms with Crippen molar-refractivity contribution in [1.29, 1.82) is 0 Å². The highest BCUT2D eigenvalue weighted by molar-refractivity contribution is 7.09. The molecule has 0 radical (unpaired) electrons. The van der Waals surface area contributed by atoms with Crippen LogP contribution in [0.4, 0.5) is 5.13 Å². The number of carbonyl (C=O) groups is 1. The zero-order valence-corrected chi connectivity index (χ0v) is 10.5. The molecular formula is C11H9N5O2S. The van der Waals surface area contributed by atoms with Crippen molar-refractivity contribution >= 4 is 22.6 Å². The first kappa shape index (κ1) is 13.1. The molecule has 0 saturated carbocycles. The van der Waals surface area contributed by atoms with E-state index in [0.717, 1.165) is 11.5 Å². The summed E-state index contributed by atoms with van der Waals surface area (Å²) < 4.78 is 3.53. The number of nitrogens with one attached hydrogen (secondary N) is 1. The number of anilines is 1. The molecule has 0 bridgehead atoms. The second-order valence-electron chi connectivity index (χ2n) is 3.33. The van der Waals surface area contributed by atoms with Crippen molar-refractivity contribution in [3.05, 3.63) is 29.6 Å². The van der Waals surface area contributed by atoms with Gasteiger partial charge in [0.05, 0.1) is 6.61 Å². The minimum atomic E-state index is -0.381. The Morgan fingerprint density at radius 3 is 3.00 bits per heavy atom. The fraction of sp³-hybridized carbons (Fsp3) is 0.182. The molecule has 2 heterocycles. The highest BCUT2D eigenvalue weighted by atomic mass is 32.1. The number of aliphatic hydroxyl groups excluding tert-OH is 1. The van der Waals surface area contributed by atoms with Gasteiger partial charge in [0.2, 0.25) is 5.13 Å². The maximum Gasteiger partial charge on any atom is 0.276 e. The van der Waals surface area contributed by atoms with Crippen molar-refractivity contribution in [2.75, 3.05) is 11.9 Å². The Morgan fingerprint density at radius 1 is 1.47 bits per heavy atom. The van der Waals surface area contributed by atoms with Crippen LogP contribution in [-0.2, 0) is 0 Å². The van der Waals surface area contributed by atoms with Gasteiger partial charge in [0.15, 0.2) is 0 Å². The summed E-state index contributed by atoms with van der Waals surface area (Å²) in [6.07, 6.45) is 1.91. The normalized spacial score (nSPS) is 9.53. The largest absolute Gasteiger partial charge is 0.395 e. The second-order valence-corrected chi connectivity index (χ2v) is 4.06. The third-order valence-electron chi connectivity index (χ3n) is 1.99. The van der Waals surface area contributed by atoms with Gasteiger partial charge in [0.1, 0.15) is 5.69 Å². The molecule has 0 atom stereocenters. The van der Waals surface area contributed by atoms with Crippen molar-refractivity contribution in [2.45, 2.75) is 6.42 Å². The summed E-state index contributed by atoms with van der Waals surface area (Å²) in [7, 11) is 0. The van der Waals surface area contributed by atoms with Gasteiger partial charge in [0.25, 0.3) is 5.91 Å². The van der Waals surface area contributed by atoms with Crippen LogP contribution in [0.1, 0.15) is 22.5 Å². The standard InChI is InChI=1S/C11H9N5O2S/c17-6-2-1-3-8-4-5-9(12-7-8)10(18)13-11-14-15-16-19-11/h4-5,7,17H,2,6H2,(H,13,14,16,18). The number of aromatic nitrogens is 4. The lowest BCUT2D eigenvalue weighted by Gasteiger charge is -1.99. The molecule has 0 aromatic carbocycles. The summed E-state index contributed by atoms with van der Waals surface area (Å²) in [4.78, 5) is 15.7.